The summed E-state index contributed by atoms with van der Waals surface area (Å²) in [7, 11) is -1.87. The van der Waals surface area contributed by atoms with Gasteiger partial charge < -0.3 is 10.1 Å². The van der Waals surface area contributed by atoms with Gasteiger partial charge in [0.05, 0.1) is 23.9 Å². The maximum Gasteiger partial charge on any atom is 0.244 e. The van der Waals surface area contributed by atoms with Gasteiger partial charge in [0.25, 0.3) is 0 Å². The number of hydrogen-bond acceptors (Lipinski definition) is 5. The monoisotopic (exact) mass is 283 g/mol. The van der Waals surface area contributed by atoms with E-state index in [0.29, 0.717) is 5.69 Å². The molecule has 2 aliphatic rings. The summed E-state index contributed by atoms with van der Waals surface area (Å²) < 4.78 is 33.2. The molecule has 0 aliphatic carbocycles. The number of rotatable bonds is 4. The molecule has 0 aromatic carbocycles. The molecule has 2 saturated heterocycles. The van der Waals surface area contributed by atoms with Crippen molar-refractivity contribution in [2.45, 2.75) is 42.4 Å². The Kier molecular flexibility index (Phi) is 3.20. The van der Waals surface area contributed by atoms with Gasteiger partial charge in [-0.1, -0.05) is 0 Å². The van der Waals surface area contributed by atoms with Crippen LogP contribution in [0.2, 0.25) is 0 Å². The molecule has 19 heavy (non-hydrogen) atoms. The van der Waals surface area contributed by atoms with Crippen molar-refractivity contribution in [2.24, 2.45) is 0 Å². The van der Waals surface area contributed by atoms with Crippen LogP contribution in [0.4, 0.5) is 5.69 Å². The lowest BCUT2D eigenvalue weighted by Crippen LogP contribution is -2.41. The number of nitrogens with one attached hydrogen (secondary N) is 2. The van der Waals surface area contributed by atoms with Crippen molar-refractivity contribution in [1.29, 1.82) is 0 Å². The second-order valence-electron chi connectivity index (χ2n) is 4.96. The molecular formula is C12H17N3O3S. The molecule has 1 aromatic rings. The summed E-state index contributed by atoms with van der Waals surface area (Å²) in [6.07, 6.45) is 5.90. The van der Waals surface area contributed by atoms with Gasteiger partial charge in [0, 0.05) is 19.4 Å². The van der Waals surface area contributed by atoms with Crippen LogP contribution in [0.15, 0.2) is 23.4 Å². The number of sulfonamides is 1. The summed E-state index contributed by atoms with van der Waals surface area (Å²) in [6.45, 7) is 0. The molecule has 2 bridgehead atoms. The largest absolute Gasteiger partial charge is 0.387 e. The van der Waals surface area contributed by atoms with E-state index in [1.54, 1.807) is 19.3 Å². The van der Waals surface area contributed by atoms with E-state index < -0.39 is 10.0 Å². The molecule has 1 aromatic heterocycles. The Morgan fingerprint density at radius 2 is 2.26 bits per heavy atom. The summed E-state index contributed by atoms with van der Waals surface area (Å²) >= 11 is 0. The fourth-order valence-corrected chi connectivity index (χ4v) is 4.26. The first-order chi connectivity index (χ1) is 9.10. The molecule has 2 aliphatic heterocycles. The van der Waals surface area contributed by atoms with Crippen LogP contribution in [0, 0.1) is 0 Å². The Morgan fingerprint density at radius 1 is 1.42 bits per heavy atom. The average Bonchev–Trinajstić information content (AvgIpc) is 3.00. The molecule has 0 amide bonds. The van der Waals surface area contributed by atoms with E-state index in [0.717, 1.165) is 19.3 Å². The van der Waals surface area contributed by atoms with Gasteiger partial charge in [-0.2, -0.15) is 0 Å². The van der Waals surface area contributed by atoms with Crippen molar-refractivity contribution in [2.75, 3.05) is 12.4 Å². The summed E-state index contributed by atoms with van der Waals surface area (Å²) in [4.78, 5) is 4.07. The van der Waals surface area contributed by atoms with Crippen molar-refractivity contribution in [1.82, 2.24) is 9.71 Å². The molecule has 3 unspecified atom stereocenters. The smallest absolute Gasteiger partial charge is 0.244 e. The highest BCUT2D eigenvalue weighted by molar-refractivity contribution is 7.89. The second-order valence-corrected chi connectivity index (χ2v) is 6.64. The fourth-order valence-electron chi connectivity index (χ4n) is 2.83. The van der Waals surface area contributed by atoms with Crippen LogP contribution in [0.1, 0.15) is 19.3 Å². The lowest BCUT2D eigenvalue weighted by molar-refractivity contribution is 0.0996. The lowest BCUT2D eigenvalue weighted by atomic mass is 9.96. The highest BCUT2D eigenvalue weighted by Crippen LogP contribution is 2.35. The Bertz CT molecular complexity index is 575. The first kappa shape index (κ1) is 12.8. The van der Waals surface area contributed by atoms with Crippen molar-refractivity contribution < 1.29 is 13.2 Å². The molecule has 0 radical (unpaired) electrons. The Hall–Kier alpha value is -1.18. The van der Waals surface area contributed by atoms with Crippen LogP contribution in [0.5, 0.6) is 0 Å². The van der Waals surface area contributed by atoms with Crippen LogP contribution in [0.3, 0.4) is 0 Å². The quantitative estimate of drug-likeness (QED) is 0.851. The molecule has 7 heteroatoms. The third-order valence-electron chi connectivity index (χ3n) is 3.76. The molecule has 3 atom stereocenters. The normalized spacial score (nSPS) is 29.6. The number of ether oxygens (including phenoxy) is 1. The van der Waals surface area contributed by atoms with E-state index in [9.17, 15) is 8.42 Å². The van der Waals surface area contributed by atoms with Gasteiger partial charge in [0.15, 0.2) is 0 Å². The van der Waals surface area contributed by atoms with Crippen LogP contribution in [-0.2, 0) is 14.8 Å². The Labute approximate surface area is 112 Å². The third kappa shape index (κ3) is 2.33. The lowest BCUT2D eigenvalue weighted by Gasteiger charge is -2.20. The molecule has 3 heterocycles. The predicted octanol–water partition coefficient (Wildman–Crippen LogP) is 0.721. The van der Waals surface area contributed by atoms with Gasteiger partial charge in [-0.15, -0.1) is 0 Å². The number of anilines is 1. The predicted molar refractivity (Wildman–Crippen MR) is 70.4 cm³/mol. The SMILES string of the molecule is CNc1ccncc1S(=O)(=O)NC1CC2CCC1O2. The first-order valence-electron chi connectivity index (χ1n) is 6.40. The number of pyridine rings is 1. The highest BCUT2D eigenvalue weighted by atomic mass is 32.2. The minimum Gasteiger partial charge on any atom is -0.387 e. The number of nitrogens with zero attached hydrogens (tertiary/aromatic N) is 1. The number of aromatic nitrogens is 1. The average molecular weight is 283 g/mol. The first-order valence-corrected chi connectivity index (χ1v) is 7.88. The molecule has 6 nitrogen and oxygen atoms in total. The van der Waals surface area contributed by atoms with Crippen LogP contribution >= 0.6 is 0 Å². The molecular weight excluding hydrogens is 266 g/mol. The summed E-state index contributed by atoms with van der Waals surface area (Å²) in [5, 5.41) is 2.87. The van der Waals surface area contributed by atoms with E-state index in [1.165, 1.54) is 6.20 Å². The molecule has 3 rings (SSSR count). The van der Waals surface area contributed by atoms with Crippen molar-refractivity contribution in [3.63, 3.8) is 0 Å². The van der Waals surface area contributed by atoms with Crippen LogP contribution in [-0.4, -0.2) is 38.7 Å². The van der Waals surface area contributed by atoms with Crippen molar-refractivity contribution >= 4 is 15.7 Å². The minimum absolute atomic E-state index is 0.0227. The maximum atomic E-state index is 12.4. The van der Waals surface area contributed by atoms with Gasteiger partial charge in [-0.05, 0) is 25.3 Å². The second kappa shape index (κ2) is 4.73. The van der Waals surface area contributed by atoms with Crippen molar-refractivity contribution in [3.05, 3.63) is 18.5 Å². The topological polar surface area (TPSA) is 80.3 Å². The van der Waals surface area contributed by atoms with Gasteiger partial charge in [-0.25, -0.2) is 13.1 Å². The number of fused-ring (bicyclic) bond motifs is 2. The maximum absolute atomic E-state index is 12.4. The molecule has 2 N–H and O–H groups in total. The van der Waals surface area contributed by atoms with E-state index in [-0.39, 0.29) is 23.1 Å². The summed E-state index contributed by atoms with van der Waals surface area (Å²) in [5.41, 5.74) is 0.548. The van der Waals surface area contributed by atoms with Gasteiger partial charge >= 0.3 is 0 Å². The number of hydrogen-bond donors (Lipinski definition) is 2. The third-order valence-corrected chi connectivity index (χ3v) is 5.27. The molecule has 0 spiro atoms. The Balaban J connectivity index is 1.83. The summed E-state index contributed by atoms with van der Waals surface area (Å²) in [6, 6.07) is 1.53. The molecule has 2 fully saturated rings. The molecule has 104 valence electrons. The van der Waals surface area contributed by atoms with Gasteiger partial charge in [0.1, 0.15) is 4.90 Å². The zero-order valence-electron chi connectivity index (χ0n) is 10.7. The van der Waals surface area contributed by atoms with Gasteiger partial charge in [0.2, 0.25) is 10.0 Å². The van der Waals surface area contributed by atoms with Crippen LogP contribution < -0.4 is 10.0 Å². The highest BCUT2D eigenvalue weighted by Gasteiger charge is 2.42. The zero-order chi connectivity index (χ0) is 13.5. The van der Waals surface area contributed by atoms with E-state index in [1.807, 2.05) is 0 Å². The minimum atomic E-state index is -3.56. The fraction of sp³-hybridized carbons (Fsp3) is 0.583. The van der Waals surface area contributed by atoms with Crippen molar-refractivity contribution in [3.8, 4) is 0 Å². The van der Waals surface area contributed by atoms with E-state index in [4.69, 9.17) is 4.74 Å². The Morgan fingerprint density at radius 3 is 2.89 bits per heavy atom. The van der Waals surface area contributed by atoms with E-state index in [2.05, 4.69) is 15.0 Å². The van der Waals surface area contributed by atoms with E-state index >= 15 is 0 Å². The zero-order valence-corrected chi connectivity index (χ0v) is 11.5. The van der Waals surface area contributed by atoms with Gasteiger partial charge in [-0.3, -0.25) is 4.98 Å². The molecule has 0 saturated carbocycles. The summed E-state index contributed by atoms with van der Waals surface area (Å²) in [5.74, 6) is 0. The standard InChI is InChI=1S/C12H17N3O3S/c1-13-9-4-5-14-7-12(9)19(16,17)15-10-6-8-2-3-11(10)18-8/h4-5,7-8,10-11,15H,2-3,6H2,1H3,(H,13,14). The van der Waals surface area contributed by atoms with Crippen LogP contribution in [0.25, 0.3) is 0 Å².